The number of benzene rings is 1. The summed E-state index contributed by atoms with van der Waals surface area (Å²) in [7, 11) is 0. The van der Waals surface area contributed by atoms with Crippen LogP contribution < -0.4 is 10.6 Å². The van der Waals surface area contributed by atoms with Gasteiger partial charge in [-0.1, -0.05) is 30.3 Å². The van der Waals surface area contributed by atoms with E-state index in [2.05, 4.69) is 20.6 Å². The van der Waals surface area contributed by atoms with Crippen molar-refractivity contribution in [1.82, 2.24) is 9.97 Å². The van der Waals surface area contributed by atoms with Gasteiger partial charge in [0.25, 0.3) is 0 Å². The van der Waals surface area contributed by atoms with Crippen LogP contribution in [0.1, 0.15) is 18.1 Å². The fourth-order valence-electron chi connectivity index (χ4n) is 1.80. The monoisotopic (exact) mass is 289 g/mol. The maximum atomic E-state index is 7.53. The predicted octanol–water partition coefficient (Wildman–Crippen LogP) is 3.17. The summed E-state index contributed by atoms with van der Waals surface area (Å²) in [6.07, 6.45) is 1.22. The molecule has 1 aromatic heterocycles. The third kappa shape index (κ3) is 3.45. The van der Waals surface area contributed by atoms with Gasteiger partial charge in [-0.05, 0) is 24.1 Å². The second kappa shape index (κ2) is 6.86. The number of hydrogen-bond acceptors (Lipinski definition) is 5. The van der Waals surface area contributed by atoms with E-state index >= 15 is 0 Å². The summed E-state index contributed by atoms with van der Waals surface area (Å²) < 4.78 is 0. The van der Waals surface area contributed by atoms with Gasteiger partial charge in [-0.2, -0.15) is 9.97 Å². The first-order valence-corrected chi connectivity index (χ1v) is 6.72. The lowest BCUT2D eigenvalue weighted by atomic mass is 10.2. The van der Waals surface area contributed by atoms with Crippen molar-refractivity contribution in [2.24, 2.45) is 0 Å². The van der Waals surface area contributed by atoms with E-state index in [1.165, 1.54) is 6.21 Å². The highest BCUT2D eigenvalue weighted by Gasteiger charge is 2.11. The van der Waals surface area contributed by atoms with Crippen LogP contribution in [0.3, 0.4) is 0 Å². The lowest BCUT2D eigenvalue weighted by Gasteiger charge is -2.12. The molecule has 2 rings (SSSR count). The van der Waals surface area contributed by atoms with Crippen molar-refractivity contribution in [2.45, 2.75) is 13.5 Å². The van der Waals surface area contributed by atoms with E-state index < -0.39 is 0 Å². The molecule has 104 valence electrons. The fourth-order valence-corrected chi connectivity index (χ4v) is 1.97. The largest absolute Gasteiger partial charge is 0.370 e. The fraction of sp³-hybridized carbons (Fsp3) is 0.214. The molecule has 0 saturated heterocycles. The van der Waals surface area contributed by atoms with Crippen LogP contribution in [0.5, 0.6) is 0 Å². The second-order valence-corrected chi connectivity index (χ2v) is 4.46. The summed E-state index contributed by atoms with van der Waals surface area (Å²) in [6, 6.07) is 9.96. The van der Waals surface area contributed by atoms with Gasteiger partial charge in [-0.3, -0.25) is 0 Å². The van der Waals surface area contributed by atoms with E-state index in [4.69, 9.17) is 17.0 Å². The molecule has 6 heteroatoms. The molecule has 0 bridgehead atoms. The molecular weight excluding hydrogens is 274 g/mol. The Bertz CT molecular complexity index is 586. The van der Waals surface area contributed by atoms with E-state index in [-0.39, 0.29) is 5.28 Å². The molecule has 0 amide bonds. The number of nitrogens with zero attached hydrogens (tertiary/aromatic N) is 2. The zero-order valence-electron chi connectivity index (χ0n) is 11.2. The molecule has 20 heavy (non-hydrogen) atoms. The van der Waals surface area contributed by atoms with Gasteiger partial charge in [0.15, 0.2) is 0 Å². The number of hydrogen-bond donors (Lipinski definition) is 3. The van der Waals surface area contributed by atoms with Crippen LogP contribution >= 0.6 is 11.6 Å². The lowest BCUT2D eigenvalue weighted by molar-refractivity contribution is 1.06. The van der Waals surface area contributed by atoms with Crippen molar-refractivity contribution in [3.63, 3.8) is 0 Å². The highest BCUT2D eigenvalue weighted by Crippen LogP contribution is 2.21. The van der Waals surface area contributed by atoms with Gasteiger partial charge in [0.1, 0.15) is 11.6 Å². The lowest BCUT2D eigenvalue weighted by Crippen LogP contribution is -2.10. The normalized spacial score (nSPS) is 10.1. The molecule has 0 saturated carbocycles. The molecule has 0 aliphatic rings. The summed E-state index contributed by atoms with van der Waals surface area (Å²) >= 11 is 5.92. The molecule has 3 N–H and O–H groups in total. The van der Waals surface area contributed by atoms with Gasteiger partial charge in [0.2, 0.25) is 5.28 Å². The molecule has 0 spiro atoms. The Labute approximate surface area is 122 Å². The van der Waals surface area contributed by atoms with Crippen molar-refractivity contribution >= 4 is 29.5 Å². The van der Waals surface area contributed by atoms with Gasteiger partial charge in [0.05, 0.1) is 5.56 Å². The Hall–Kier alpha value is -2.14. The second-order valence-electron chi connectivity index (χ2n) is 4.12. The third-order valence-corrected chi connectivity index (χ3v) is 2.88. The Morgan fingerprint density at radius 2 is 1.80 bits per heavy atom. The maximum absolute atomic E-state index is 7.53. The molecule has 0 atom stereocenters. The van der Waals surface area contributed by atoms with Crippen LogP contribution in [0.25, 0.3) is 0 Å². The first-order chi connectivity index (χ1) is 9.74. The molecule has 0 fully saturated rings. The molecule has 0 aliphatic carbocycles. The standard InChI is InChI=1S/C14H16ClN5/c1-2-17-12-11(8-16)13(20-14(15)19-12)18-9-10-6-4-3-5-7-10/h3-8,16H,2,9H2,1H3,(H2,17,18,19,20). The van der Waals surface area contributed by atoms with Gasteiger partial charge in [-0.15, -0.1) is 0 Å². The molecule has 5 nitrogen and oxygen atoms in total. The van der Waals surface area contributed by atoms with E-state index in [0.717, 1.165) is 5.56 Å². The first kappa shape index (κ1) is 14.3. The average Bonchev–Trinajstić information content (AvgIpc) is 2.46. The molecule has 2 aromatic rings. The van der Waals surface area contributed by atoms with Crippen LogP contribution in [-0.4, -0.2) is 22.7 Å². The van der Waals surface area contributed by atoms with Gasteiger partial charge in [0, 0.05) is 19.3 Å². The molecule has 0 aliphatic heterocycles. The SMILES string of the molecule is CCNc1nc(Cl)nc(NCc2ccccc2)c1C=N. The van der Waals surface area contributed by atoms with Crippen LogP contribution in [0, 0.1) is 5.41 Å². The van der Waals surface area contributed by atoms with Crippen molar-refractivity contribution in [3.05, 3.63) is 46.7 Å². The zero-order chi connectivity index (χ0) is 14.4. The highest BCUT2D eigenvalue weighted by molar-refractivity contribution is 6.28. The Kier molecular flexibility index (Phi) is 4.90. The number of aromatic nitrogens is 2. The van der Waals surface area contributed by atoms with Crippen LogP contribution in [0.15, 0.2) is 30.3 Å². The Balaban J connectivity index is 2.24. The number of rotatable bonds is 6. The summed E-state index contributed by atoms with van der Waals surface area (Å²) in [5, 5.41) is 14.0. The molecule has 0 unspecified atom stereocenters. The maximum Gasteiger partial charge on any atom is 0.226 e. The predicted molar refractivity (Wildman–Crippen MR) is 82.9 cm³/mol. The minimum absolute atomic E-state index is 0.155. The smallest absolute Gasteiger partial charge is 0.226 e. The van der Waals surface area contributed by atoms with E-state index in [1.807, 2.05) is 37.3 Å². The highest BCUT2D eigenvalue weighted by atomic mass is 35.5. The summed E-state index contributed by atoms with van der Waals surface area (Å²) in [5.74, 6) is 1.12. The number of anilines is 2. The topological polar surface area (TPSA) is 73.7 Å². The number of nitrogens with one attached hydrogen (secondary N) is 3. The summed E-state index contributed by atoms with van der Waals surface area (Å²) in [6.45, 7) is 3.27. The Morgan fingerprint density at radius 1 is 1.15 bits per heavy atom. The molecule has 0 radical (unpaired) electrons. The van der Waals surface area contributed by atoms with Crippen LogP contribution in [0.2, 0.25) is 5.28 Å². The van der Waals surface area contributed by atoms with Crippen LogP contribution in [-0.2, 0) is 6.54 Å². The quantitative estimate of drug-likeness (QED) is 0.564. The van der Waals surface area contributed by atoms with Gasteiger partial charge in [-0.25, -0.2) is 0 Å². The third-order valence-electron chi connectivity index (χ3n) is 2.71. The minimum Gasteiger partial charge on any atom is -0.370 e. The Morgan fingerprint density at radius 3 is 2.40 bits per heavy atom. The van der Waals surface area contributed by atoms with E-state index in [0.29, 0.717) is 30.3 Å². The van der Waals surface area contributed by atoms with Crippen LogP contribution in [0.4, 0.5) is 11.6 Å². The first-order valence-electron chi connectivity index (χ1n) is 6.34. The van der Waals surface area contributed by atoms with Crippen molar-refractivity contribution in [2.75, 3.05) is 17.2 Å². The van der Waals surface area contributed by atoms with E-state index in [1.54, 1.807) is 0 Å². The average molecular weight is 290 g/mol. The molecular formula is C14H16ClN5. The minimum atomic E-state index is 0.155. The van der Waals surface area contributed by atoms with E-state index in [9.17, 15) is 0 Å². The van der Waals surface area contributed by atoms with Crippen molar-refractivity contribution in [3.8, 4) is 0 Å². The summed E-state index contributed by atoms with van der Waals surface area (Å²) in [5.41, 5.74) is 1.73. The van der Waals surface area contributed by atoms with Gasteiger partial charge < -0.3 is 16.0 Å². The van der Waals surface area contributed by atoms with Crippen molar-refractivity contribution < 1.29 is 0 Å². The summed E-state index contributed by atoms with van der Waals surface area (Å²) in [4.78, 5) is 8.26. The zero-order valence-corrected chi connectivity index (χ0v) is 11.9. The number of halogens is 1. The van der Waals surface area contributed by atoms with Gasteiger partial charge >= 0.3 is 0 Å². The molecule has 1 heterocycles. The van der Waals surface area contributed by atoms with Crippen molar-refractivity contribution in [1.29, 1.82) is 5.41 Å². The molecule has 1 aromatic carbocycles.